The molecule has 1 atom stereocenters. The molecule has 0 aliphatic carbocycles. The number of nitrogens with one attached hydrogen (secondary N) is 1. The average molecular weight is 250 g/mol. The molecule has 1 heterocycles. The molecule has 5 heteroatoms. The predicted octanol–water partition coefficient (Wildman–Crippen LogP) is 1.71. The number of nitrogens with zero attached hydrogens (tertiary/aromatic N) is 1. The summed E-state index contributed by atoms with van der Waals surface area (Å²) in [5.74, 6) is 1.56. The summed E-state index contributed by atoms with van der Waals surface area (Å²) in [7, 11) is 5.04. The van der Waals surface area contributed by atoms with Crippen LogP contribution in [0.15, 0.2) is 12.1 Å². The highest BCUT2D eigenvalue weighted by molar-refractivity contribution is 5.77. The summed E-state index contributed by atoms with van der Waals surface area (Å²) < 4.78 is 10.7. The second-order valence-corrected chi connectivity index (χ2v) is 4.40. The lowest BCUT2D eigenvalue weighted by atomic mass is 10.0. The number of benzene rings is 1. The van der Waals surface area contributed by atoms with E-state index in [4.69, 9.17) is 9.47 Å². The Kier molecular flexibility index (Phi) is 3.32. The third-order valence-corrected chi connectivity index (χ3v) is 3.29. The molecular weight excluding hydrogens is 232 g/mol. The Bertz CT molecular complexity index is 474. The van der Waals surface area contributed by atoms with Crippen LogP contribution in [0.25, 0.3) is 0 Å². The van der Waals surface area contributed by atoms with Gasteiger partial charge in [-0.15, -0.1) is 0 Å². The summed E-state index contributed by atoms with van der Waals surface area (Å²) >= 11 is 0. The standard InChI is InChI=1S/C13H18N2O3/c1-8-11(17-3)6-5-9(12(8)18-4)10-7-15(2)13(16)14-10/h5-6,10H,7H2,1-4H3,(H,14,16). The Morgan fingerprint density at radius 3 is 2.56 bits per heavy atom. The van der Waals surface area contributed by atoms with Gasteiger partial charge in [-0.1, -0.05) is 0 Å². The van der Waals surface area contributed by atoms with Crippen LogP contribution in [0.3, 0.4) is 0 Å². The van der Waals surface area contributed by atoms with Crippen molar-refractivity contribution in [1.29, 1.82) is 0 Å². The van der Waals surface area contributed by atoms with Crippen LogP contribution in [-0.4, -0.2) is 38.7 Å². The Morgan fingerprint density at radius 1 is 1.33 bits per heavy atom. The summed E-state index contributed by atoms with van der Waals surface area (Å²) in [4.78, 5) is 13.2. The molecule has 0 radical (unpaired) electrons. The lowest BCUT2D eigenvalue weighted by Gasteiger charge is -2.18. The van der Waals surface area contributed by atoms with Gasteiger partial charge >= 0.3 is 6.03 Å². The van der Waals surface area contributed by atoms with Crippen LogP contribution in [0.4, 0.5) is 4.79 Å². The van der Waals surface area contributed by atoms with E-state index in [0.717, 1.165) is 22.6 Å². The summed E-state index contributed by atoms with van der Waals surface area (Å²) in [5.41, 5.74) is 1.93. The van der Waals surface area contributed by atoms with E-state index in [1.54, 1.807) is 26.2 Å². The summed E-state index contributed by atoms with van der Waals surface area (Å²) in [6.45, 7) is 2.59. The molecule has 0 spiro atoms. The van der Waals surface area contributed by atoms with Crippen LogP contribution in [-0.2, 0) is 0 Å². The zero-order valence-corrected chi connectivity index (χ0v) is 11.1. The average Bonchev–Trinajstić information content (AvgIpc) is 2.69. The number of urea groups is 1. The number of hydrogen-bond donors (Lipinski definition) is 1. The van der Waals surface area contributed by atoms with E-state index >= 15 is 0 Å². The van der Waals surface area contributed by atoms with Gasteiger partial charge in [0, 0.05) is 24.7 Å². The van der Waals surface area contributed by atoms with Gasteiger partial charge < -0.3 is 19.7 Å². The topological polar surface area (TPSA) is 50.8 Å². The smallest absolute Gasteiger partial charge is 0.317 e. The second kappa shape index (κ2) is 4.76. The van der Waals surface area contributed by atoms with Crippen LogP contribution >= 0.6 is 0 Å². The molecule has 1 aromatic rings. The number of ether oxygens (including phenoxy) is 2. The minimum absolute atomic E-state index is 0.0398. The first kappa shape index (κ1) is 12.5. The van der Waals surface area contributed by atoms with Gasteiger partial charge in [0.15, 0.2) is 0 Å². The maximum Gasteiger partial charge on any atom is 0.317 e. The summed E-state index contributed by atoms with van der Waals surface area (Å²) in [6, 6.07) is 3.74. The Labute approximate surface area is 107 Å². The van der Waals surface area contributed by atoms with Crippen molar-refractivity contribution in [3.8, 4) is 11.5 Å². The third kappa shape index (κ3) is 1.96. The van der Waals surface area contributed by atoms with Crippen LogP contribution in [0.2, 0.25) is 0 Å². The van der Waals surface area contributed by atoms with Crippen molar-refractivity contribution in [3.05, 3.63) is 23.3 Å². The van der Waals surface area contributed by atoms with E-state index in [0.29, 0.717) is 6.54 Å². The van der Waals surface area contributed by atoms with E-state index in [1.165, 1.54) is 0 Å². The normalized spacial score (nSPS) is 18.8. The Morgan fingerprint density at radius 2 is 2.06 bits per heavy atom. The van der Waals surface area contributed by atoms with Crippen molar-refractivity contribution < 1.29 is 14.3 Å². The number of amides is 2. The molecule has 2 amide bonds. The monoisotopic (exact) mass is 250 g/mol. The quantitative estimate of drug-likeness (QED) is 0.888. The number of methoxy groups -OCH3 is 2. The molecule has 1 saturated heterocycles. The molecular formula is C13H18N2O3. The minimum Gasteiger partial charge on any atom is -0.496 e. The largest absolute Gasteiger partial charge is 0.496 e. The molecule has 18 heavy (non-hydrogen) atoms. The zero-order chi connectivity index (χ0) is 13.3. The predicted molar refractivity (Wildman–Crippen MR) is 68.2 cm³/mol. The summed E-state index contributed by atoms with van der Waals surface area (Å²) in [6.07, 6.45) is 0. The first-order valence-corrected chi connectivity index (χ1v) is 5.81. The molecule has 1 aliphatic rings. The summed E-state index contributed by atoms with van der Waals surface area (Å²) in [5, 5.41) is 2.93. The second-order valence-electron chi connectivity index (χ2n) is 4.40. The maximum atomic E-state index is 11.5. The molecule has 1 aromatic carbocycles. The number of hydrogen-bond acceptors (Lipinski definition) is 3. The first-order chi connectivity index (χ1) is 8.58. The van der Waals surface area contributed by atoms with Crippen molar-refractivity contribution in [1.82, 2.24) is 10.2 Å². The van der Waals surface area contributed by atoms with Crippen LogP contribution in [0.1, 0.15) is 17.2 Å². The van der Waals surface area contributed by atoms with Gasteiger partial charge in [-0.25, -0.2) is 4.79 Å². The number of likely N-dealkylation sites (N-methyl/N-ethyl adjacent to an activating group) is 1. The molecule has 1 unspecified atom stereocenters. The highest BCUT2D eigenvalue weighted by Gasteiger charge is 2.29. The van der Waals surface area contributed by atoms with Gasteiger partial charge in [0.1, 0.15) is 11.5 Å². The molecule has 1 fully saturated rings. The Balaban J connectivity index is 2.40. The lowest BCUT2D eigenvalue weighted by molar-refractivity contribution is 0.226. The zero-order valence-electron chi connectivity index (χ0n) is 11.1. The van der Waals surface area contributed by atoms with Crippen molar-refractivity contribution in [2.75, 3.05) is 27.8 Å². The molecule has 1 N–H and O–H groups in total. The van der Waals surface area contributed by atoms with Gasteiger partial charge in [-0.3, -0.25) is 0 Å². The molecule has 5 nitrogen and oxygen atoms in total. The van der Waals surface area contributed by atoms with E-state index < -0.39 is 0 Å². The molecule has 0 aromatic heterocycles. The first-order valence-electron chi connectivity index (χ1n) is 5.81. The molecule has 98 valence electrons. The fourth-order valence-corrected chi connectivity index (χ4v) is 2.30. The van der Waals surface area contributed by atoms with E-state index in [1.807, 2.05) is 19.1 Å². The van der Waals surface area contributed by atoms with Crippen molar-refractivity contribution >= 4 is 6.03 Å². The van der Waals surface area contributed by atoms with Crippen LogP contribution in [0.5, 0.6) is 11.5 Å². The van der Waals surface area contributed by atoms with Crippen LogP contribution in [0, 0.1) is 6.92 Å². The van der Waals surface area contributed by atoms with E-state index in [-0.39, 0.29) is 12.1 Å². The highest BCUT2D eigenvalue weighted by Crippen LogP contribution is 2.36. The van der Waals surface area contributed by atoms with Crippen molar-refractivity contribution in [3.63, 3.8) is 0 Å². The SMILES string of the molecule is COc1ccc(C2CN(C)C(=O)N2)c(OC)c1C. The number of rotatable bonds is 3. The van der Waals surface area contributed by atoms with E-state index in [2.05, 4.69) is 5.32 Å². The van der Waals surface area contributed by atoms with Gasteiger partial charge in [-0.2, -0.15) is 0 Å². The number of carbonyl (C=O) groups excluding carboxylic acids is 1. The van der Waals surface area contributed by atoms with Crippen molar-refractivity contribution in [2.45, 2.75) is 13.0 Å². The fourth-order valence-electron chi connectivity index (χ4n) is 2.30. The Hall–Kier alpha value is -1.91. The van der Waals surface area contributed by atoms with Crippen LogP contribution < -0.4 is 14.8 Å². The molecule has 0 saturated carbocycles. The fraction of sp³-hybridized carbons (Fsp3) is 0.462. The third-order valence-electron chi connectivity index (χ3n) is 3.29. The molecule has 2 rings (SSSR count). The van der Waals surface area contributed by atoms with E-state index in [9.17, 15) is 4.79 Å². The minimum atomic E-state index is -0.0597. The van der Waals surface area contributed by atoms with Crippen molar-refractivity contribution in [2.24, 2.45) is 0 Å². The molecule has 0 bridgehead atoms. The number of carbonyl (C=O) groups is 1. The van der Waals surface area contributed by atoms with Gasteiger partial charge in [-0.05, 0) is 19.1 Å². The van der Waals surface area contributed by atoms with Gasteiger partial charge in [0.25, 0.3) is 0 Å². The highest BCUT2D eigenvalue weighted by atomic mass is 16.5. The maximum absolute atomic E-state index is 11.5. The van der Waals surface area contributed by atoms with Gasteiger partial charge in [0.05, 0.1) is 20.3 Å². The molecule has 1 aliphatic heterocycles. The lowest BCUT2D eigenvalue weighted by Crippen LogP contribution is -2.24. The van der Waals surface area contributed by atoms with Gasteiger partial charge in [0.2, 0.25) is 0 Å².